The Morgan fingerprint density at radius 3 is 2.68 bits per heavy atom. The summed E-state index contributed by atoms with van der Waals surface area (Å²) in [5.41, 5.74) is 2.01. The molecule has 1 heterocycles. The summed E-state index contributed by atoms with van der Waals surface area (Å²) in [4.78, 5) is 23.2. The first-order valence-electron chi connectivity index (χ1n) is 8.21. The Bertz CT molecular complexity index is 760. The lowest BCUT2D eigenvalue weighted by Crippen LogP contribution is -2.34. The van der Waals surface area contributed by atoms with Gasteiger partial charge in [-0.05, 0) is 49.9 Å². The van der Waals surface area contributed by atoms with E-state index in [0.717, 1.165) is 5.56 Å². The first-order valence-corrected chi connectivity index (χ1v) is 10.1. The highest BCUT2D eigenvalue weighted by Gasteiger charge is 2.32. The van der Waals surface area contributed by atoms with E-state index in [9.17, 15) is 18.0 Å². The van der Waals surface area contributed by atoms with Crippen LogP contribution in [0.4, 0.5) is 5.69 Å². The van der Waals surface area contributed by atoms with Crippen molar-refractivity contribution in [3.63, 3.8) is 0 Å². The third-order valence-electron chi connectivity index (χ3n) is 4.17. The average Bonchev–Trinajstić information content (AvgIpc) is 2.88. The zero-order valence-corrected chi connectivity index (χ0v) is 15.6. The molecule has 0 saturated carbocycles. The zero-order valence-electron chi connectivity index (χ0n) is 14.7. The molecule has 1 atom stereocenters. The number of carbonyl (C=O) groups is 2. The van der Waals surface area contributed by atoms with Crippen molar-refractivity contribution in [1.82, 2.24) is 5.32 Å². The van der Waals surface area contributed by atoms with E-state index < -0.39 is 10.0 Å². The number of nitrogens with one attached hydrogen (secondary N) is 1. The monoisotopic (exact) mass is 368 g/mol. The van der Waals surface area contributed by atoms with E-state index in [1.807, 2.05) is 6.92 Å². The molecule has 7 nitrogen and oxygen atoms in total. The Hall–Kier alpha value is -2.09. The van der Waals surface area contributed by atoms with Crippen molar-refractivity contribution in [2.24, 2.45) is 0 Å². The van der Waals surface area contributed by atoms with Crippen molar-refractivity contribution in [3.8, 4) is 0 Å². The van der Waals surface area contributed by atoms with Crippen LogP contribution in [-0.4, -0.2) is 46.2 Å². The van der Waals surface area contributed by atoms with E-state index in [2.05, 4.69) is 10.1 Å². The number of methoxy groups -OCH3 is 1. The first-order chi connectivity index (χ1) is 11.7. The number of esters is 1. The second-order valence-electron chi connectivity index (χ2n) is 6.24. The van der Waals surface area contributed by atoms with Gasteiger partial charge in [0.1, 0.15) is 0 Å². The fourth-order valence-corrected chi connectivity index (χ4v) is 4.31. The van der Waals surface area contributed by atoms with Gasteiger partial charge in [-0.2, -0.15) is 0 Å². The molecular weight excluding hydrogens is 344 g/mol. The Morgan fingerprint density at radius 2 is 2.04 bits per heavy atom. The lowest BCUT2D eigenvalue weighted by Gasteiger charge is -2.21. The topological polar surface area (TPSA) is 92.8 Å². The minimum absolute atomic E-state index is 0.151. The number of benzene rings is 1. The van der Waals surface area contributed by atoms with Gasteiger partial charge in [-0.1, -0.05) is 0 Å². The highest BCUT2D eigenvalue weighted by atomic mass is 32.2. The number of hydrogen-bond donors (Lipinski definition) is 1. The SMILES string of the molecule is COC(=O)CCCCNC(=O)c1ccc2c(c1)CC(C)N2S(C)(=O)=O. The number of carbonyl (C=O) groups excluding carboxylic acids is 2. The van der Waals surface area contributed by atoms with Crippen LogP contribution in [0.5, 0.6) is 0 Å². The Morgan fingerprint density at radius 1 is 1.32 bits per heavy atom. The predicted molar refractivity (Wildman–Crippen MR) is 95.1 cm³/mol. The largest absolute Gasteiger partial charge is 0.469 e. The summed E-state index contributed by atoms with van der Waals surface area (Å²) in [5, 5.41) is 2.81. The highest BCUT2D eigenvalue weighted by molar-refractivity contribution is 7.92. The van der Waals surface area contributed by atoms with Crippen LogP contribution in [0, 0.1) is 0 Å². The van der Waals surface area contributed by atoms with Crippen molar-refractivity contribution >= 4 is 27.6 Å². The minimum Gasteiger partial charge on any atom is -0.469 e. The van der Waals surface area contributed by atoms with Gasteiger partial charge in [0.2, 0.25) is 10.0 Å². The maximum absolute atomic E-state index is 12.2. The van der Waals surface area contributed by atoms with Crippen LogP contribution in [0.15, 0.2) is 18.2 Å². The third-order valence-corrected chi connectivity index (χ3v) is 5.44. The van der Waals surface area contributed by atoms with Crippen molar-refractivity contribution in [2.75, 3.05) is 24.2 Å². The smallest absolute Gasteiger partial charge is 0.305 e. The number of hydrogen-bond acceptors (Lipinski definition) is 5. The molecule has 1 unspecified atom stereocenters. The van der Waals surface area contributed by atoms with Crippen LogP contribution in [0.2, 0.25) is 0 Å². The number of sulfonamides is 1. The van der Waals surface area contributed by atoms with Crippen LogP contribution in [0.1, 0.15) is 42.1 Å². The first kappa shape index (κ1) is 19.2. The maximum atomic E-state index is 12.2. The van der Waals surface area contributed by atoms with Gasteiger partial charge in [0, 0.05) is 24.6 Å². The summed E-state index contributed by atoms with van der Waals surface area (Å²) >= 11 is 0. The summed E-state index contributed by atoms with van der Waals surface area (Å²) in [6.45, 7) is 2.32. The van der Waals surface area contributed by atoms with Gasteiger partial charge in [0.25, 0.3) is 5.91 Å². The van der Waals surface area contributed by atoms with E-state index >= 15 is 0 Å². The maximum Gasteiger partial charge on any atom is 0.305 e. The third kappa shape index (κ3) is 4.72. The molecule has 1 aliphatic rings. The highest BCUT2D eigenvalue weighted by Crippen LogP contribution is 2.34. The molecular formula is C17H24N2O5S. The lowest BCUT2D eigenvalue weighted by molar-refractivity contribution is -0.140. The number of ether oxygens (including phenoxy) is 1. The molecule has 1 amide bonds. The van der Waals surface area contributed by atoms with Crippen LogP contribution >= 0.6 is 0 Å². The van der Waals surface area contributed by atoms with Crippen molar-refractivity contribution in [2.45, 2.75) is 38.6 Å². The molecule has 25 heavy (non-hydrogen) atoms. The Labute approximate surface area is 148 Å². The minimum atomic E-state index is -3.33. The van der Waals surface area contributed by atoms with Crippen molar-refractivity contribution in [3.05, 3.63) is 29.3 Å². The summed E-state index contributed by atoms with van der Waals surface area (Å²) in [6, 6.07) is 4.92. The molecule has 1 aromatic rings. The van der Waals surface area contributed by atoms with Gasteiger partial charge in [-0.25, -0.2) is 8.42 Å². The van der Waals surface area contributed by atoms with Crippen molar-refractivity contribution in [1.29, 1.82) is 0 Å². The molecule has 0 radical (unpaired) electrons. The molecule has 1 N–H and O–H groups in total. The van der Waals surface area contributed by atoms with Crippen molar-refractivity contribution < 1.29 is 22.7 Å². The Balaban J connectivity index is 1.95. The van der Waals surface area contributed by atoms with Crippen LogP contribution < -0.4 is 9.62 Å². The van der Waals surface area contributed by atoms with Gasteiger partial charge >= 0.3 is 5.97 Å². The van der Waals surface area contributed by atoms with Gasteiger partial charge in [0.15, 0.2) is 0 Å². The normalized spacial score (nSPS) is 16.4. The molecule has 0 aromatic heterocycles. The molecule has 1 aliphatic heterocycles. The number of anilines is 1. The molecule has 0 fully saturated rings. The lowest BCUT2D eigenvalue weighted by atomic mass is 10.1. The molecule has 2 rings (SSSR count). The second kappa shape index (κ2) is 7.86. The number of nitrogens with zero attached hydrogens (tertiary/aromatic N) is 1. The fourth-order valence-electron chi connectivity index (χ4n) is 3.05. The number of rotatable bonds is 7. The van der Waals surface area contributed by atoms with Crippen LogP contribution in [-0.2, 0) is 26.0 Å². The van der Waals surface area contributed by atoms with Crippen LogP contribution in [0.3, 0.4) is 0 Å². The van der Waals surface area contributed by atoms with E-state index in [4.69, 9.17) is 0 Å². The van der Waals surface area contributed by atoms with E-state index in [1.165, 1.54) is 17.7 Å². The predicted octanol–water partition coefficient (Wildman–Crippen LogP) is 1.47. The molecule has 0 bridgehead atoms. The van der Waals surface area contributed by atoms with Gasteiger partial charge in [0.05, 0.1) is 19.1 Å². The fraction of sp³-hybridized carbons (Fsp3) is 0.529. The summed E-state index contributed by atoms with van der Waals surface area (Å²) in [5.74, 6) is -0.458. The summed E-state index contributed by atoms with van der Waals surface area (Å²) in [6.07, 6.45) is 3.45. The molecule has 8 heteroatoms. The molecule has 0 spiro atoms. The van der Waals surface area contributed by atoms with Gasteiger partial charge in [-0.3, -0.25) is 13.9 Å². The van der Waals surface area contributed by atoms with Gasteiger partial charge < -0.3 is 10.1 Å². The summed E-state index contributed by atoms with van der Waals surface area (Å²) < 4.78 is 29.8. The van der Waals surface area contributed by atoms with E-state index in [1.54, 1.807) is 18.2 Å². The van der Waals surface area contributed by atoms with Gasteiger partial charge in [-0.15, -0.1) is 0 Å². The second-order valence-corrected chi connectivity index (χ2v) is 8.10. The number of fused-ring (bicyclic) bond motifs is 1. The van der Waals surface area contributed by atoms with E-state index in [0.29, 0.717) is 43.5 Å². The number of unbranched alkanes of at least 4 members (excludes halogenated alkanes) is 1. The summed E-state index contributed by atoms with van der Waals surface area (Å²) in [7, 11) is -1.98. The van der Waals surface area contributed by atoms with Crippen LogP contribution in [0.25, 0.3) is 0 Å². The molecule has 1 aromatic carbocycles. The van der Waals surface area contributed by atoms with E-state index in [-0.39, 0.29) is 17.9 Å². The standard InChI is InChI=1S/C17H24N2O5S/c1-12-10-14-11-13(7-8-15(14)19(12)25(3,22)23)17(21)18-9-5-4-6-16(20)24-2/h7-8,11-12H,4-6,9-10H2,1-3H3,(H,18,21). The Kier molecular flexibility index (Phi) is 6.05. The quantitative estimate of drug-likeness (QED) is 0.581. The molecule has 0 aliphatic carbocycles. The number of amides is 1. The zero-order chi connectivity index (χ0) is 18.6. The average molecular weight is 368 g/mol. The molecule has 138 valence electrons. The molecule has 0 saturated heterocycles.